The van der Waals surface area contributed by atoms with Crippen LogP contribution in [-0.2, 0) is 24.3 Å². The molecule has 1 saturated carbocycles. The molecule has 0 spiro atoms. The number of hydrogen-bond acceptors (Lipinski definition) is 7. The van der Waals surface area contributed by atoms with E-state index in [1.54, 1.807) is 12.4 Å². The van der Waals surface area contributed by atoms with Crippen LogP contribution in [0.15, 0.2) is 30.6 Å². The molecule has 2 aliphatic heterocycles. The zero-order valence-electron chi connectivity index (χ0n) is 16.4. The molecule has 0 aromatic carbocycles. The fraction of sp³-hybridized carbons (Fsp3) is 0.611. The summed E-state index contributed by atoms with van der Waals surface area (Å²) in [5, 5.41) is 0.616. The lowest BCUT2D eigenvalue weighted by Crippen LogP contribution is -2.50. The van der Waals surface area contributed by atoms with Gasteiger partial charge in [0.2, 0.25) is 0 Å². The van der Waals surface area contributed by atoms with Crippen molar-refractivity contribution >= 4 is 22.3 Å². The Bertz CT molecular complexity index is 790. The molecule has 30 heavy (non-hydrogen) atoms. The minimum atomic E-state index is -4.79. The molecule has 2 bridgehead atoms. The van der Waals surface area contributed by atoms with E-state index in [1.165, 1.54) is 11.3 Å². The van der Waals surface area contributed by atoms with Gasteiger partial charge in [0.15, 0.2) is 0 Å². The molecule has 1 aliphatic carbocycles. The lowest BCUT2D eigenvalue weighted by molar-refractivity contribution is -0.145. The second-order valence-electron chi connectivity index (χ2n) is 7.38. The molecule has 12 heteroatoms. The number of amides is 3. The van der Waals surface area contributed by atoms with E-state index < -0.39 is 34.4 Å². The normalized spacial score (nSPS) is 24.2. The van der Waals surface area contributed by atoms with E-state index in [0.717, 1.165) is 25.7 Å². The molecule has 2 N–H and O–H groups in total. The van der Waals surface area contributed by atoms with Gasteiger partial charge >= 0.3 is 16.4 Å². The van der Waals surface area contributed by atoms with Crippen LogP contribution in [0.1, 0.15) is 44.9 Å². The molecule has 2 atom stereocenters. The molecule has 3 amide bonds. The van der Waals surface area contributed by atoms with Crippen molar-refractivity contribution in [1.82, 2.24) is 20.4 Å². The second kappa shape index (κ2) is 10.2. The number of nitrogens with one attached hydrogen (secondary N) is 1. The Labute approximate surface area is 175 Å². The Morgan fingerprint density at radius 3 is 2.37 bits per heavy atom. The first-order valence-electron chi connectivity index (χ1n) is 9.92. The first-order chi connectivity index (χ1) is 14.3. The van der Waals surface area contributed by atoms with Crippen molar-refractivity contribution in [3.63, 3.8) is 0 Å². The van der Waals surface area contributed by atoms with E-state index in [1.807, 2.05) is 18.2 Å². The summed E-state index contributed by atoms with van der Waals surface area (Å²) in [5.74, 6) is -0.430. The van der Waals surface area contributed by atoms with Crippen LogP contribution in [0.3, 0.4) is 0 Å². The summed E-state index contributed by atoms with van der Waals surface area (Å²) in [4.78, 5) is 35.0. The van der Waals surface area contributed by atoms with Crippen LogP contribution in [0.4, 0.5) is 4.79 Å². The summed E-state index contributed by atoms with van der Waals surface area (Å²) in [6.45, 7) is 0.163. The Kier molecular flexibility index (Phi) is 7.58. The molecule has 2 saturated heterocycles. The quantitative estimate of drug-likeness (QED) is 0.516. The number of carbonyl (C=O) groups excluding carboxylic acids is 2. The van der Waals surface area contributed by atoms with Crippen LogP contribution in [-0.4, -0.2) is 64.6 Å². The summed E-state index contributed by atoms with van der Waals surface area (Å²) < 4.78 is 34.7. The maximum atomic E-state index is 12.3. The topological polar surface area (TPSA) is 138 Å². The fourth-order valence-electron chi connectivity index (χ4n) is 3.81. The Morgan fingerprint density at radius 2 is 1.80 bits per heavy atom. The molecular formula is C18H26N4O7S. The number of fused-ring (bicyclic) bond motifs is 2. The van der Waals surface area contributed by atoms with Gasteiger partial charge in [-0.2, -0.15) is 13.5 Å². The molecule has 3 aliphatic rings. The highest BCUT2D eigenvalue weighted by molar-refractivity contribution is 7.80. The fourth-order valence-corrected chi connectivity index (χ4v) is 4.20. The largest absolute Gasteiger partial charge is 0.418 e. The van der Waals surface area contributed by atoms with Crippen LogP contribution in [0.25, 0.3) is 0 Å². The van der Waals surface area contributed by atoms with Crippen LogP contribution >= 0.6 is 0 Å². The number of rotatable bonds is 5. The van der Waals surface area contributed by atoms with Gasteiger partial charge < -0.3 is 4.90 Å². The van der Waals surface area contributed by atoms with E-state index >= 15 is 0 Å². The molecular weight excluding hydrogens is 416 g/mol. The van der Waals surface area contributed by atoms with Crippen molar-refractivity contribution in [2.45, 2.75) is 63.1 Å². The van der Waals surface area contributed by atoms with E-state index in [9.17, 15) is 18.0 Å². The summed E-state index contributed by atoms with van der Waals surface area (Å²) in [7, 11) is -4.79. The predicted molar refractivity (Wildman–Crippen MR) is 104 cm³/mol. The number of urea groups is 1. The van der Waals surface area contributed by atoms with Gasteiger partial charge in [-0.3, -0.25) is 19.2 Å². The lowest BCUT2D eigenvalue weighted by Gasteiger charge is -2.30. The molecule has 3 fully saturated rings. The summed E-state index contributed by atoms with van der Waals surface area (Å²) in [6.07, 6.45) is 9.34. The Hall–Kier alpha value is -2.28. The van der Waals surface area contributed by atoms with Gasteiger partial charge in [0.25, 0.3) is 5.91 Å². The second-order valence-corrected chi connectivity index (χ2v) is 8.38. The van der Waals surface area contributed by atoms with Crippen molar-refractivity contribution in [2.24, 2.45) is 0 Å². The SMILES string of the molecule is O=C(NOC1CCCCC1)[C@@H]1CC[C@@H]2CN1C(=O)N2OS(=O)(=O)O.c1ccncc1. The number of carbonyl (C=O) groups is 2. The van der Waals surface area contributed by atoms with E-state index in [4.69, 9.17) is 9.39 Å². The van der Waals surface area contributed by atoms with Gasteiger partial charge in [0, 0.05) is 18.9 Å². The number of pyridine rings is 1. The molecule has 4 rings (SSSR count). The molecule has 11 nitrogen and oxygen atoms in total. The third kappa shape index (κ3) is 6.11. The average molecular weight is 442 g/mol. The predicted octanol–water partition coefficient (Wildman–Crippen LogP) is 1.45. The highest BCUT2D eigenvalue weighted by Gasteiger charge is 2.49. The highest BCUT2D eigenvalue weighted by Crippen LogP contribution is 2.30. The number of piperidine rings is 1. The Balaban J connectivity index is 0.000000367. The number of nitrogens with zero attached hydrogens (tertiary/aromatic N) is 3. The number of hydroxylamine groups is 3. The third-order valence-corrected chi connectivity index (χ3v) is 5.59. The Morgan fingerprint density at radius 1 is 1.10 bits per heavy atom. The monoisotopic (exact) mass is 442 g/mol. The van der Waals surface area contributed by atoms with Gasteiger partial charge in [-0.15, -0.1) is 4.28 Å². The van der Waals surface area contributed by atoms with Crippen molar-refractivity contribution in [2.75, 3.05) is 6.54 Å². The summed E-state index contributed by atoms with van der Waals surface area (Å²) in [5.41, 5.74) is 2.43. The summed E-state index contributed by atoms with van der Waals surface area (Å²) >= 11 is 0. The molecule has 0 unspecified atom stereocenters. The van der Waals surface area contributed by atoms with E-state index in [-0.39, 0.29) is 12.6 Å². The molecule has 1 aromatic heterocycles. The summed E-state index contributed by atoms with van der Waals surface area (Å²) in [6, 6.07) is 3.70. The van der Waals surface area contributed by atoms with Gasteiger partial charge in [0.1, 0.15) is 6.04 Å². The van der Waals surface area contributed by atoms with Crippen molar-refractivity contribution in [1.29, 1.82) is 0 Å². The molecule has 166 valence electrons. The number of hydrogen-bond donors (Lipinski definition) is 2. The van der Waals surface area contributed by atoms with Crippen LogP contribution in [0, 0.1) is 0 Å². The maximum Gasteiger partial charge on any atom is 0.418 e. The maximum absolute atomic E-state index is 12.3. The third-order valence-electron chi connectivity index (χ3n) is 5.24. The zero-order chi connectivity index (χ0) is 21.6. The molecule has 0 radical (unpaired) electrons. The average Bonchev–Trinajstić information content (AvgIpc) is 2.98. The van der Waals surface area contributed by atoms with Crippen molar-refractivity contribution in [3.05, 3.63) is 30.6 Å². The molecule has 1 aromatic rings. The zero-order valence-corrected chi connectivity index (χ0v) is 17.2. The minimum absolute atomic E-state index is 0.00678. The van der Waals surface area contributed by atoms with Gasteiger partial charge in [-0.1, -0.05) is 25.3 Å². The minimum Gasteiger partial charge on any atom is -0.309 e. The van der Waals surface area contributed by atoms with E-state index in [0.29, 0.717) is 17.9 Å². The van der Waals surface area contributed by atoms with Gasteiger partial charge in [-0.05, 0) is 37.8 Å². The van der Waals surface area contributed by atoms with Gasteiger partial charge in [-0.25, -0.2) is 10.3 Å². The van der Waals surface area contributed by atoms with Crippen LogP contribution < -0.4 is 5.48 Å². The first-order valence-corrected chi connectivity index (χ1v) is 11.3. The van der Waals surface area contributed by atoms with E-state index in [2.05, 4.69) is 14.7 Å². The standard InChI is InChI=1S/C13H21N3O7S.C5H5N/c17-12(14-22-10-4-2-1-3-5-10)11-7-6-9-8-15(11)13(18)16(9)23-24(19,20)21;1-2-4-6-5-3-1/h9-11H,1-8H2,(H,14,17)(H,19,20,21);1-5H/t9-,11+;/m1./s1. The smallest absolute Gasteiger partial charge is 0.309 e. The first kappa shape index (κ1) is 22.4. The lowest BCUT2D eigenvalue weighted by atomic mass is 9.98. The van der Waals surface area contributed by atoms with Gasteiger partial charge in [0.05, 0.1) is 12.1 Å². The highest BCUT2D eigenvalue weighted by atomic mass is 32.3. The van der Waals surface area contributed by atoms with Crippen molar-refractivity contribution < 1.29 is 31.7 Å². The van der Waals surface area contributed by atoms with Crippen LogP contribution in [0.2, 0.25) is 0 Å². The van der Waals surface area contributed by atoms with Crippen molar-refractivity contribution in [3.8, 4) is 0 Å². The molecule has 3 heterocycles. The number of aromatic nitrogens is 1. The van der Waals surface area contributed by atoms with Crippen LogP contribution in [0.5, 0.6) is 0 Å².